The van der Waals surface area contributed by atoms with Crippen molar-refractivity contribution in [3.8, 4) is 0 Å². The summed E-state index contributed by atoms with van der Waals surface area (Å²) in [6.07, 6.45) is 7.87. The largest absolute Gasteiger partial charge is 0.368 e. The highest BCUT2D eigenvalue weighted by molar-refractivity contribution is 5.49. The number of anilines is 1. The van der Waals surface area contributed by atoms with Gasteiger partial charge in [-0.2, -0.15) is 0 Å². The van der Waals surface area contributed by atoms with Crippen molar-refractivity contribution >= 4 is 5.69 Å². The van der Waals surface area contributed by atoms with Gasteiger partial charge in [-0.3, -0.25) is 0 Å². The maximum absolute atomic E-state index is 2.70. The molecule has 2 aromatic rings. The monoisotopic (exact) mass is 349 g/mol. The van der Waals surface area contributed by atoms with Crippen molar-refractivity contribution in [1.29, 1.82) is 0 Å². The van der Waals surface area contributed by atoms with Crippen molar-refractivity contribution in [2.45, 2.75) is 50.6 Å². The molecule has 138 valence electrons. The minimum absolute atomic E-state index is 0.606. The first-order valence-electron chi connectivity index (χ1n) is 10.3. The molecule has 0 N–H and O–H groups in total. The second-order valence-corrected chi connectivity index (χ2v) is 8.80. The van der Waals surface area contributed by atoms with Crippen LogP contribution >= 0.6 is 0 Å². The summed E-state index contributed by atoms with van der Waals surface area (Å²) < 4.78 is 1.20. The van der Waals surface area contributed by atoms with Crippen LogP contribution in [0, 0.1) is 0 Å². The number of likely N-dealkylation sites (tertiary alicyclic amines) is 1. The fraction of sp³-hybridized carbons (Fsp3) is 0.500. The zero-order valence-corrected chi connectivity index (χ0v) is 16.4. The van der Waals surface area contributed by atoms with Gasteiger partial charge in [-0.05, 0) is 55.4 Å². The van der Waals surface area contributed by atoms with Crippen LogP contribution < -0.4 is 4.90 Å². The van der Waals surface area contributed by atoms with Gasteiger partial charge in [0.15, 0.2) is 0 Å². The van der Waals surface area contributed by atoms with Crippen molar-refractivity contribution in [3.63, 3.8) is 0 Å². The highest BCUT2D eigenvalue weighted by atomic mass is 15.3. The van der Waals surface area contributed by atoms with Crippen LogP contribution in [0.3, 0.4) is 0 Å². The van der Waals surface area contributed by atoms with Gasteiger partial charge < -0.3 is 9.38 Å². The number of quaternary nitrogens is 1. The summed E-state index contributed by atoms with van der Waals surface area (Å²) in [5.41, 5.74) is 4.49. The third-order valence-corrected chi connectivity index (χ3v) is 6.77. The maximum atomic E-state index is 2.70. The lowest BCUT2D eigenvalue weighted by Crippen LogP contribution is -2.53. The number of benzene rings is 2. The van der Waals surface area contributed by atoms with Crippen LogP contribution in [0.5, 0.6) is 0 Å². The van der Waals surface area contributed by atoms with Crippen molar-refractivity contribution in [2.24, 2.45) is 0 Å². The highest BCUT2D eigenvalue weighted by Crippen LogP contribution is 2.31. The molecule has 0 radical (unpaired) electrons. The Hall–Kier alpha value is -1.80. The molecule has 1 saturated heterocycles. The molecule has 2 nitrogen and oxygen atoms in total. The van der Waals surface area contributed by atoms with Crippen LogP contribution in [0.2, 0.25) is 0 Å². The smallest absolute Gasteiger partial charge is 0.0903 e. The van der Waals surface area contributed by atoms with E-state index in [0.29, 0.717) is 6.04 Å². The Morgan fingerprint density at radius 3 is 2.19 bits per heavy atom. The van der Waals surface area contributed by atoms with E-state index in [9.17, 15) is 0 Å². The van der Waals surface area contributed by atoms with E-state index in [1.807, 2.05) is 0 Å². The molecule has 1 heterocycles. The number of fused-ring (bicyclic) bond motifs is 1. The Balaban J connectivity index is 1.51. The van der Waals surface area contributed by atoms with Crippen LogP contribution in [-0.4, -0.2) is 43.8 Å². The van der Waals surface area contributed by atoms with E-state index in [2.05, 4.69) is 73.6 Å². The fourth-order valence-corrected chi connectivity index (χ4v) is 5.11. The van der Waals surface area contributed by atoms with Crippen molar-refractivity contribution < 1.29 is 4.48 Å². The first kappa shape index (κ1) is 17.6. The zero-order chi connectivity index (χ0) is 18.0. The summed E-state index contributed by atoms with van der Waals surface area (Å²) in [5, 5.41) is 0. The van der Waals surface area contributed by atoms with Crippen LogP contribution in [0.15, 0.2) is 54.6 Å². The molecule has 2 aliphatic rings. The Labute approximate surface area is 159 Å². The molecule has 2 heteroatoms. The second kappa shape index (κ2) is 7.44. The van der Waals surface area contributed by atoms with Crippen molar-refractivity contribution in [1.82, 2.24) is 0 Å². The lowest BCUT2D eigenvalue weighted by atomic mass is 9.96. The number of piperidine rings is 1. The molecule has 0 amide bonds. The number of hydrogen-bond donors (Lipinski definition) is 0. The Bertz CT molecular complexity index is 697. The van der Waals surface area contributed by atoms with E-state index in [4.69, 9.17) is 0 Å². The van der Waals surface area contributed by atoms with E-state index in [0.717, 1.165) is 6.04 Å². The molecule has 1 atom stereocenters. The van der Waals surface area contributed by atoms with Gasteiger partial charge in [-0.25, -0.2) is 0 Å². The summed E-state index contributed by atoms with van der Waals surface area (Å²) in [5.74, 6) is 0. The predicted octanol–water partition coefficient (Wildman–Crippen LogP) is 4.68. The number of para-hydroxylation sites is 1. The summed E-state index contributed by atoms with van der Waals surface area (Å²) in [4.78, 5) is 2.70. The molecule has 4 rings (SSSR count). The summed E-state index contributed by atoms with van der Waals surface area (Å²) in [7, 11) is 4.87. The van der Waals surface area contributed by atoms with Gasteiger partial charge in [0, 0.05) is 24.7 Å². The normalized spacial score (nSPS) is 22.2. The number of hydrogen-bond acceptors (Lipinski definition) is 1. The molecule has 0 aromatic heterocycles. The van der Waals surface area contributed by atoms with Gasteiger partial charge in [0.05, 0.1) is 26.7 Å². The lowest BCUT2D eigenvalue weighted by molar-refractivity contribution is -0.920. The number of rotatable bonds is 5. The summed E-state index contributed by atoms with van der Waals surface area (Å²) in [6.45, 7) is 2.51. The quantitative estimate of drug-likeness (QED) is 0.709. The van der Waals surface area contributed by atoms with Gasteiger partial charge in [-0.1, -0.05) is 42.5 Å². The van der Waals surface area contributed by atoms with Gasteiger partial charge in [0.2, 0.25) is 0 Å². The van der Waals surface area contributed by atoms with Crippen LogP contribution in [0.4, 0.5) is 5.69 Å². The van der Waals surface area contributed by atoms with Crippen molar-refractivity contribution in [2.75, 3.05) is 32.1 Å². The van der Waals surface area contributed by atoms with Gasteiger partial charge in [-0.15, -0.1) is 0 Å². The average molecular weight is 350 g/mol. The molecule has 0 spiro atoms. The second-order valence-electron chi connectivity index (χ2n) is 8.80. The fourth-order valence-electron chi connectivity index (χ4n) is 5.11. The molecule has 1 unspecified atom stereocenters. The molecule has 0 bridgehead atoms. The molecule has 2 aromatic carbocycles. The average Bonchev–Trinajstić information content (AvgIpc) is 3.07. The minimum Gasteiger partial charge on any atom is -0.368 e. The molecular formula is C24H33N2+. The van der Waals surface area contributed by atoms with E-state index >= 15 is 0 Å². The molecular weight excluding hydrogens is 316 g/mol. The first-order chi connectivity index (χ1) is 12.6. The molecule has 0 saturated carbocycles. The highest BCUT2D eigenvalue weighted by Gasteiger charge is 2.33. The third-order valence-electron chi connectivity index (χ3n) is 6.77. The maximum Gasteiger partial charge on any atom is 0.0903 e. The Morgan fingerprint density at radius 1 is 0.885 bits per heavy atom. The molecule has 1 aliphatic carbocycles. The topological polar surface area (TPSA) is 3.24 Å². The SMILES string of the molecule is C[N+]1(C)CCCCC1CCN(c1ccccc1)C1Cc2ccccc2C1. The van der Waals surface area contributed by atoms with Gasteiger partial charge >= 0.3 is 0 Å². The van der Waals surface area contributed by atoms with E-state index in [1.54, 1.807) is 11.1 Å². The van der Waals surface area contributed by atoms with Crippen LogP contribution in [-0.2, 0) is 12.8 Å². The van der Waals surface area contributed by atoms with E-state index in [1.165, 1.54) is 61.8 Å². The van der Waals surface area contributed by atoms with E-state index < -0.39 is 0 Å². The van der Waals surface area contributed by atoms with Crippen LogP contribution in [0.1, 0.15) is 36.8 Å². The van der Waals surface area contributed by atoms with Gasteiger partial charge in [0.25, 0.3) is 0 Å². The minimum atomic E-state index is 0.606. The molecule has 1 aliphatic heterocycles. The Kier molecular flexibility index (Phi) is 5.04. The summed E-state index contributed by atoms with van der Waals surface area (Å²) in [6, 6.07) is 21.5. The first-order valence-corrected chi connectivity index (χ1v) is 10.3. The lowest BCUT2D eigenvalue weighted by Gasteiger charge is -2.43. The Morgan fingerprint density at radius 2 is 1.54 bits per heavy atom. The molecule has 1 fully saturated rings. The predicted molar refractivity (Wildman–Crippen MR) is 111 cm³/mol. The van der Waals surface area contributed by atoms with Crippen LogP contribution in [0.25, 0.3) is 0 Å². The van der Waals surface area contributed by atoms with E-state index in [-0.39, 0.29) is 0 Å². The standard InChI is InChI=1S/C24H33N2/c1-26(2)17-9-8-14-24(26)15-16-25(22-12-4-3-5-13-22)23-18-20-10-6-7-11-21(20)19-23/h3-7,10-13,23-24H,8-9,14-19H2,1-2H3/q+1. The molecule has 26 heavy (non-hydrogen) atoms. The number of nitrogens with zero attached hydrogens (tertiary/aromatic N) is 2. The third kappa shape index (κ3) is 3.66. The summed E-state index contributed by atoms with van der Waals surface area (Å²) >= 11 is 0. The zero-order valence-electron chi connectivity index (χ0n) is 16.4. The van der Waals surface area contributed by atoms with Gasteiger partial charge in [0.1, 0.15) is 0 Å². The van der Waals surface area contributed by atoms with Crippen molar-refractivity contribution in [3.05, 3.63) is 65.7 Å².